The SMILES string of the molecule is O=C1C(=Cc2ccc3c(ccn3Cc3cccc(F)c3)c2)C(=O)N(c2ccccc2)C(=O)N1c1ccccc1. The van der Waals surface area contributed by atoms with Gasteiger partial charge in [-0.2, -0.15) is 0 Å². The highest BCUT2D eigenvalue weighted by atomic mass is 19.1. The van der Waals surface area contributed by atoms with Crippen LogP contribution in [0.15, 0.2) is 121 Å². The summed E-state index contributed by atoms with van der Waals surface area (Å²) in [5.41, 5.74) is 3.02. The molecule has 0 N–H and O–H groups in total. The van der Waals surface area contributed by atoms with E-state index in [0.29, 0.717) is 23.5 Å². The molecule has 0 atom stereocenters. The quantitative estimate of drug-likeness (QED) is 0.201. The number of amides is 4. The normalized spacial score (nSPS) is 13.9. The lowest BCUT2D eigenvalue weighted by Crippen LogP contribution is -2.57. The molecule has 0 radical (unpaired) electrons. The van der Waals surface area contributed by atoms with Gasteiger partial charge in [0.2, 0.25) is 0 Å². The highest BCUT2D eigenvalue weighted by Crippen LogP contribution is 2.30. The summed E-state index contributed by atoms with van der Waals surface area (Å²) in [5.74, 6) is -1.66. The van der Waals surface area contributed by atoms with E-state index in [0.717, 1.165) is 26.3 Å². The van der Waals surface area contributed by atoms with Gasteiger partial charge in [-0.15, -0.1) is 0 Å². The molecule has 0 saturated carbocycles. The van der Waals surface area contributed by atoms with Gasteiger partial charge in [-0.3, -0.25) is 9.59 Å². The average Bonchev–Trinajstić information content (AvgIpc) is 3.34. The maximum atomic E-state index is 13.6. The zero-order chi connectivity index (χ0) is 26.9. The number of barbiturate groups is 1. The summed E-state index contributed by atoms with van der Waals surface area (Å²) in [6.45, 7) is 0.499. The zero-order valence-corrected chi connectivity index (χ0v) is 20.7. The molecule has 2 heterocycles. The van der Waals surface area contributed by atoms with E-state index in [1.165, 1.54) is 18.2 Å². The van der Waals surface area contributed by atoms with Crippen LogP contribution in [0.4, 0.5) is 20.6 Å². The predicted octanol–water partition coefficient (Wildman–Crippen LogP) is 6.41. The van der Waals surface area contributed by atoms with Gasteiger partial charge >= 0.3 is 6.03 Å². The molecule has 1 fully saturated rings. The van der Waals surface area contributed by atoms with Crippen molar-refractivity contribution in [1.29, 1.82) is 0 Å². The molecule has 5 aromatic rings. The van der Waals surface area contributed by atoms with Crippen LogP contribution in [-0.4, -0.2) is 22.4 Å². The van der Waals surface area contributed by atoms with Gasteiger partial charge in [-0.1, -0.05) is 54.6 Å². The minimum absolute atomic E-state index is 0.124. The minimum atomic E-state index is -0.732. The van der Waals surface area contributed by atoms with Gasteiger partial charge in [-0.25, -0.2) is 19.0 Å². The Bertz CT molecular complexity index is 1700. The van der Waals surface area contributed by atoms with Crippen LogP contribution in [0.3, 0.4) is 0 Å². The molecule has 190 valence electrons. The molecular weight excluding hydrogens is 493 g/mol. The fraction of sp³-hybridized carbons (Fsp3) is 0.0312. The largest absolute Gasteiger partial charge is 0.343 e. The Kier molecular flexibility index (Phi) is 6.09. The van der Waals surface area contributed by atoms with Crippen molar-refractivity contribution in [2.75, 3.05) is 9.80 Å². The summed E-state index contributed by atoms with van der Waals surface area (Å²) >= 11 is 0. The minimum Gasteiger partial charge on any atom is -0.343 e. The van der Waals surface area contributed by atoms with Crippen molar-refractivity contribution >= 4 is 46.2 Å². The van der Waals surface area contributed by atoms with Crippen molar-refractivity contribution in [3.05, 3.63) is 138 Å². The number of anilines is 2. The number of rotatable bonds is 5. The Morgan fingerprint density at radius 3 is 1.92 bits per heavy atom. The third-order valence-electron chi connectivity index (χ3n) is 6.63. The maximum Gasteiger partial charge on any atom is 0.343 e. The lowest BCUT2D eigenvalue weighted by molar-refractivity contribution is -0.121. The first-order valence-electron chi connectivity index (χ1n) is 12.4. The number of benzene rings is 4. The molecule has 0 aliphatic carbocycles. The lowest BCUT2D eigenvalue weighted by atomic mass is 10.0. The first-order chi connectivity index (χ1) is 19.0. The summed E-state index contributed by atoms with van der Waals surface area (Å²) in [6.07, 6.45) is 3.43. The number of nitrogens with zero attached hydrogens (tertiary/aromatic N) is 3. The molecule has 7 heteroatoms. The van der Waals surface area contributed by atoms with Crippen LogP contribution < -0.4 is 9.80 Å². The fourth-order valence-corrected chi connectivity index (χ4v) is 4.78. The van der Waals surface area contributed by atoms with E-state index < -0.39 is 17.8 Å². The van der Waals surface area contributed by atoms with Crippen LogP contribution >= 0.6 is 0 Å². The zero-order valence-electron chi connectivity index (χ0n) is 20.7. The Labute approximate surface area is 223 Å². The number of urea groups is 1. The van der Waals surface area contributed by atoms with Crippen molar-refractivity contribution in [2.24, 2.45) is 0 Å². The van der Waals surface area contributed by atoms with Gasteiger partial charge < -0.3 is 4.57 Å². The Morgan fingerprint density at radius 1 is 0.667 bits per heavy atom. The molecular formula is C32H22FN3O3. The van der Waals surface area contributed by atoms with E-state index in [1.807, 2.05) is 41.1 Å². The molecule has 1 saturated heterocycles. The van der Waals surface area contributed by atoms with Crippen LogP contribution in [0.2, 0.25) is 0 Å². The van der Waals surface area contributed by atoms with Crippen LogP contribution in [0, 0.1) is 5.82 Å². The van der Waals surface area contributed by atoms with E-state index in [1.54, 1.807) is 66.7 Å². The molecule has 4 amide bonds. The summed E-state index contributed by atoms with van der Waals surface area (Å²) < 4.78 is 15.7. The summed E-state index contributed by atoms with van der Waals surface area (Å²) in [7, 11) is 0. The number of para-hydroxylation sites is 2. The molecule has 1 aliphatic rings. The molecule has 6 rings (SSSR count). The number of hydrogen-bond donors (Lipinski definition) is 0. The number of carbonyl (C=O) groups is 3. The number of carbonyl (C=O) groups excluding carboxylic acids is 3. The van der Waals surface area contributed by atoms with E-state index in [9.17, 15) is 18.8 Å². The first kappa shape index (κ1) is 24.1. The van der Waals surface area contributed by atoms with Crippen molar-refractivity contribution in [1.82, 2.24) is 4.57 Å². The van der Waals surface area contributed by atoms with Gasteiger partial charge in [0.1, 0.15) is 11.4 Å². The van der Waals surface area contributed by atoms with Crippen LogP contribution in [0.5, 0.6) is 0 Å². The molecule has 0 spiro atoms. The molecule has 6 nitrogen and oxygen atoms in total. The second-order valence-corrected chi connectivity index (χ2v) is 9.18. The summed E-state index contributed by atoms with van der Waals surface area (Å²) in [4.78, 5) is 42.7. The van der Waals surface area contributed by atoms with E-state index in [4.69, 9.17) is 0 Å². The van der Waals surface area contributed by atoms with Crippen molar-refractivity contribution < 1.29 is 18.8 Å². The second-order valence-electron chi connectivity index (χ2n) is 9.18. The predicted molar refractivity (Wildman–Crippen MR) is 149 cm³/mol. The number of hydrogen-bond acceptors (Lipinski definition) is 3. The van der Waals surface area contributed by atoms with E-state index >= 15 is 0 Å². The summed E-state index contributed by atoms with van der Waals surface area (Å²) in [5, 5.41) is 0.896. The number of halogens is 1. The van der Waals surface area contributed by atoms with Gasteiger partial charge in [0, 0.05) is 23.6 Å². The third-order valence-corrected chi connectivity index (χ3v) is 6.63. The van der Waals surface area contributed by atoms with Crippen molar-refractivity contribution in [2.45, 2.75) is 6.54 Å². The molecule has 1 aliphatic heterocycles. The van der Waals surface area contributed by atoms with Gasteiger partial charge in [0.25, 0.3) is 11.8 Å². The van der Waals surface area contributed by atoms with Gasteiger partial charge in [0.05, 0.1) is 11.4 Å². The summed E-state index contributed by atoms with van der Waals surface area (Å²) in [6, 6.07) is 30.3. The Morgan fingerprint density at radius 2 is 1.31 bits per heavy atom. The topological polar surface area (TPSA) is 62.6 Å². The number of fused-ring (bicyclic) bond motifs is 1. The van der Waals surface area contributed by atoms with Gasteiger partial charge in [-0.05, 0) is 71.8 Å². The van der Waals surface area contributed by atoms with Crippen LogP contribution in [0.1, 0.15) is 11.1 Å². The first-order valence-corrected chi connectivity index (χ1v) is 12.4. The van der Waals surface area contributed by atoms with Crippen LogP contribution in [-0.2, 0) is 16.1 Å². The van der Waals surface area contributed by atoms with Crippen LogP contribution in [0.25, 0.3) is 17.0 Å². The third kappa shape index (κ3) is 4.51. The smallest absolute Gasteiger partial charge is 0.343 e. The van der Waals surface area contributed by atoms with E-state index in [-0.39, 0.29) is 11.4 Å². The molecule has 4 aromatic carbocycles. The number of imide groups is 2. The standard InChI is InChI=1S/C32H22FN3O3/c33-25-9-7-8-23(19-25)21-34-17-16-24-18-22(14-15-29(24)34)20-28-30(37)35(26-10-3-1-4-11-26)32(39)36(31(28)38)27-12-5-2-6-13-27/h1-20H,21H2. The van der Waals surface area contributed by atoms with Crippen molar-refractivity contribution in [3.8, 4) is 0 Å². The highest BCUT2D eigenvalue weighted by Gasteiger charge is 2.43. The number of aromatic nitrogens is 1. The average molecular weight is 516 g/mol. The Hall–Kier alpha value is -5.30. The highest BCUT2D eigenvalue weighted by molar-refractivity contribution is 6.46. The van der Waals surface area contributed by atoms with Gasteiger partial charge in [0.15, 0.2) is 0 Å². The monoisotopic (exact) mass is 515 g/mol. The molecule has 0 unspecified atom stereocenters. The molecule has 39 heavy (non-hydrogen) atoms. The van der Waals surface area contributed by atoms with Crippen molar-refractivity contribution in [3.63, 3.8) is 0 Å². The fourth-order valence-electron chi connectivity index (χ4n) is 4.78. The van der Waals surface area contributed by atoms with E-state index in [2.05, 4.69) is 0 Å². The maximum absolute atomic E-state index is 13.6. The molecule has 0 bridgehead atoms. The molecule has 1 aromatic heterocycles. The lowest BCUT2D eigenvalue weighted by Gasteiger charge is -2.33. The second kappa shape index (κ2) is 9.87. The Balaban J connectivity index is 1.39.